The van der Waals surface area contributed by atoms with Crippen LogP contribution in [0.15, 0.2) is 6.20 Å². The van der Waals surface area contributed by atoms with Gasteiger partial charge in [0.2, 0.25) is 0 Å². The number of hydrogen-bond donors (Lipinski definition) is 1. The van der Waals surface area contributed by atoms with Crippen molar-refractivity contribution in [3.05, 3.63) is 11.9 Å². The van der Waals surface area contributed by atoms with E-state index in [4.69, 9.17) is 5.73 Å². The molecule has 1 heterocycles. The topological polar surface area (TPSA) is 73.8 Å². The zero-order valence-electron chi connectivity index (χ0n) is 10.3. The van der Waals surface area contributed by atoms with Gasteiger partial charge in [-0.2, -0.15) is 0 Å². The van der Waals surface area contributed by atoms with E-state index in [2.05, 4.69) is 17.2 Å². The first-order chi connectivity index (χ1) is 8.20. The lowest BCUT2D eigenvalue weighted by atomic mass is 9.80. The van der Waals surface area contributed by atoms with E-state index in [1.807, 2.05) is 0 Å². The monoisotopic (exact) mass is 236 g/mol. The maximum atomic E-state index is 12.2. The normalized spacial score (nSPS) is 24.8. The Morgan fingerprint density at radius 2 is 2.18 bits per heavy atom. The molecule has 0 aromatic carbocycles. The van der Waals surface area contributed by atoms with Crippen LogP contribution < -0.4 is 5.73 Å². The quantitative estimate of drug-likeness (QED) is 0.798. The third-order valence-electron chi connectivity index (χ3n) is 3.54. The van der Waals surface area contributed by atoms with Gasteiger partial charge in [0.15, 0.2) is 5.78 Å². The van der Waals surface area contributed by atoms with Crippen LogP contribution in [0.4, 0.5) is 0 Å². The molecule has 1 fully saturated rings. The van der Waals surface area contributed by atoms with Gasteiger partial charge in [0.05, 0.1) is 12.7 Å². The maximum Gasteiger partial charge on any atom is 0.187 e. The molecule has 17 heavy (non-hydrogen) atoms. The van der Waals surface area contributed by atoms with Crippen molar-refractivity contribution in [2.45, 2.75) is 39.2 Å². The minimum atomic E-state index is 0.147. The van der Waals surface area contributed by atoms with E-state index in [-0.39, 0.29) is 11.7 Å². The maximum absolute atomic E-state index is 12.2. The number of carbonyl (C=O) groups excluding carboxylic acids is 1. The van der Waals surface area contributed by atoms with Crippen LogP contribution in [0.3, 0.4) is 0 Å². The lowest BCUT2D eigenvalue weighted by Gasteiger charge is -2.24. The molecule has 1 aliphatic carbocycles. The Kier molecular flexibility index (Phi) is 3.89. The van der Waals surface area contributed by atoms with Gasteiger partial charge in [-0.3, -0.25) is 9.48 Å². The van der Waals surface area contributed by atoms with E-state index in [1.165, 1.54) is 0 Å². The first-order valence-electron chi connectivity index (χ1n) is 6.35. The standard InChI is InChI=1S/C12H20N4O/c1-9-2-4-10(5-3-9)12(17)11-8-16(7-6-13)15-14-11/h8-10H,2-7,13H2,1H3. The highest BCUT2D eigenvalue weighted by atomic mass is 16.1. The van der Waals surface area contributed by atoms with Gasteiger partial charge in [0.25, 0.3) is 0 Å². The number of nitrogens with two attached hydrogens (primary N) is 1. The molecule has 0 spiro atoms. The van der Waals surface area contributed by atoms with Gasteiger partial charge in [0.1, 0.15) is 5.69 Å². The van der Waals surface area contributed by atoms with Crippen molar-refractivity contribution in [2.24, 2.45) is 17.6 Å². The van der Waals surface area contributed by atoms with Gasteiger partial charge >= 0.3 is 0 Å². The molecule has 2 rings (SSSR count). The van der Waals surface area contributed by atoms with Gasteiger partial charge in [-0.25, -0.2) is 0 Å². The summed E-state index contributed by atoms with van der Waals surface area (Å²) in [5, 5.41) is 7.84. The second-order valence-corrected chi connectivity index (χ2v) is 4.98. The van der Waals surface area contributed by atoms with Gasteiger partial charge in [0, 0.05) is 12.5 Å². The average Bonchev–Trinajstić information content (AvgIpc) is 2.78. The summed E-state index contributed by atoms with van der Waals surface area (Å²) >= 11 is 0. The highest BCUT2D eigenvalue weighted by Gasteiger charge is 2.26. The first kappa shape index (κ1) is 12.2. The number of hydrogen-bond acceptors (Lipinski definition) is 4. The summed E-state index contributed by atoms with van der Waals surface area (Å²) in [7, 11) is 0. The third-order valence-corrected chi connectivity index (χ3v) is 3.54. The van der Waals surface area contributed by atoms with Gasteiger partial charge in [-0.15, -0.1) is 5.10 Å². The molecule has 0 atom stereocenters. The van der Waals surface area contributed by atoms with Crippen molar-refractivity contribution in [1.29, 1.82) is 0 Å². The number of Topliss-reactive ketones (excluding diaryl/α,β-unsaturated/α-hetero) is 1. The van der Waals surface area contributed by atoms with Crippen LogP contribution in [0.1, 0.15) is 43.1 Å². The number of carbonyl (C=O) groups is 1. The minimum Gasteiger partial charge on any atom is -0.329 e. The van der Waals surface area contributed by atoms with Crippen LogP contribution >= 0.6 is 0 Å². The molecular formula is C12H20N4O. The molecule has 5 heteroatoms. The molecule has 0 bridgehead atoms. The molecular weight excluding hydrogens is 216 g/mol. The molecule has 1 saturated carbocycles. The molecule has 0 aliphatic heterocycles. The van der Waals surface area contributed by atoms with Crippen LogP contribution in [0, 0.1) is 11.8 Å². The Labute approximate surface area is 101 Å². The summed E-state index contributed by atoms with van der Waals surface area (Å²) in [4.78, 5) is 12.2. The van der Waals surface area contributed by atoms with Crippen LogP contribution in [-0.4, -0.2) is 27.3 Å². The summed E-state index contributed by atoms with van der Waals surface area (Å²) in [6.07, 6.45) is 5.99. The molecule has 0 radical (unpaired) electrons. The van der Waals surface area contributed by atoms with E-state index in [0.29, 0.717) is 18.8 Å². The lowest BCUT2D eigenvalue weighted by Crippen LogP contribution is -2.21. The van der Waals surface area contributed by atoms with Crippen molar-refractivity contribution >= 4 is 5.78 Å². The highest BCUT2D eigenvalue weighted by Crippen LogP contribution is 2.30. The summed E-state index contributed by atoms with van der Waals surface area (Å²) in [6.45, 7) is 3.37. The Balaban J connectivity index is 1.98. The number of ketones is 1. The predicted molar refractivity (Wildman–Crippen MR) is 64.5 cm³/mol. The Morgan fingerprint density at radius 3 is 2.82 bits per heavy atom. The van der Waals surface area contributed by atoms with E-state index in [1.54, 1.807) is 10.9 Å². The summed E-state index contributed by atoms with van der Waals surface area (Å²) in [6, 6.07) is 0. The van der Waals surface area contributed by atoms with Crippen LogP contribution in [0.25, 0.3) is 0 Å². The molecule has 2 N–H and O–H groups in total. The molecule has 1 aliphatic rings. The molecule has 1 aromatic heterocycles. The van der Waals surface area contributed by atoms with Gasteiger partial charge in [-0.05, 0) is 18.8 Å². The molecule has 94 valence electrons. The number of nitrogens with zero attached hydrogens (tertiary/aromatic N) is 3. The average molecular weight is 236 g/mol. The van der Waals surface area contributed by atoms with E-state index in [0.717, 1.165) is 31.6 Å². The van der Waals surface area contributed by atoms with Crippen LogP contribution in [-0.2, 0) is 6.54 Å². The fourth-order valence-corrected chi connectivity index (χ4v) is 2.38. The highest BCUT2D eigenvalue weighted by molar-refractivity contribution is 5.95. The molecule has 0 unspecified atom stereocenters. The largest absolute Gasteiger partial charge is 0.329 e. The molecule has 1 aromatic rings. The third kappa shape index (κ3) is 2.91. The van der Waals surface area contributed by atoms with Crippen molar-refractivity contribution < 1.29 is 4.79 Å². The van der Waals surface area contributed by atoms with Crippen molar-refractivity contribution in [1.82, 2.24) is 15.0 Å². The Hall–Kier alpha value is -1.23. The Bertz CT molecular complexity index is 380. The lowest BCUT2D eigenvalue weighted by molar-refractivity contribution is 0.0870. The van der Waals surface area contributed by atoms with Gasteiger partial charge in [-0.1, -0.05) is 25.0 Å². The summed E-state index contributed by atoms with van der Waals surface area (Å²) in [5.74, 6) is 1.06. The molecule has 0 saturated heterocycles. The summed E-state index contributed by atoms with van der Waals surface area (Å²) in [5.41, 5.74) is 5.93. The van der Waals surface area contributed by atoms with Gasteiger partial charge < -0.3 is 5.73 Å². The minimum absolute atomic E-state index is 0.147. The Morgan fingerprint density at radius 1 is 1.47 bits per heavy atom. The van der Waals surface area contributed by atoms with Crippen molar-refractivity contribution in [3.63, 3.8) is 0 Å². The fourth-order valence-electron chi connectivity index (χ4n) is 2.38. The first-order valence-corrected chi connectivity index (χ1v) is 6.35. The predicted octanol–water partition coefficient (Wildman–Crippen LogP) is 1.25. The van der Waals surface area contributed by atoms with Crippen molar-refractivity contribution in [3.8, 4) is 0 Å². The fraction of sp³-hybridized carbons (Fsp3) is 0.750. The molecule has 0 amide bonds. The number of rotatable bonds is 4. The smallest absolute Gasteiger partial charge is 0.187 e. The SMILES string of the molecule is CC1CCC(C(=O)c2cn(CCN)nn2)CC1. The zero-order valence-corrected chi connectivity index (χ0v) is 10.3. The number of aromatic nitrogens is 3. The zero-order chi connectivity index (χ0) is 12.3. The second-order valence-electron chi connectivity index (χ2n) is 4.98. The van der Waals surface area contributed by atoms with E-state index < -0.39 is 0 Å². The van der Waals surface area contributed by atoms with Crippen LogP contribution in [0.2, 0.25) is 0 Å². The second kappa shape index (κ2) is 5.40. The van der Waals surface area contributed by atoms with Crippen LogP contribution in [0.5, 0.6) is 0 Å². The summed E-state index contributed by atoms with van der Waals surface area (Å²) < 4.78 is 1.64. The van der Waals surface area contributed by atoms with Crippen molar-refractivity contribution in [2.75, 3.05) is 6.54 Å². The van der Waals surface area contributed by atoms with E-state index in [9.17, 15) is 4.79 Å². The molecule has 5 nitrogen and oxygen atoms in total. The van der Waals surface area contributed by atoms with E-state index >= 15 is 0 Å².